The fourth-order valence-electron chi connectivity index (χ4n) is 4.80. The summed E-state index contributed by atoms with van der Waals surface area (Å²) in [6.45, 7) is 1.78. The number of likely N-dealkylation sites (tertiary alicyclic amines) is 1. The number of hydrogen-bond donors (Lipinski definition) is 3. The highest BCUT2D eigenvalue weighted by Crippen LogP contribution is 2.24. The summed E-state index contributed by atoms with van der Waals surface area (Å²) in [5.41, 5.74) is 0. The van der Waals surface area contributed by atoms with Gasteiger partial charge in [0.1, 0.15) is 0 Å². The van der Waals surface area contributed by atoms with Gasteiger partial charge in [-0.05, 0) is 0 Å². The number of carboxylic acid groups (broad SMARTS) is 2. The molecule has 0 unspecified atom stereocenters. The number of nitrogens with zero attached hydrogens (tertiary/aromatic N) is 5. The number of carboxylic acids is 1. The molecular weight excluding hydrogens is 522 g/mol. The van der Waals surface area contributed by atoms with E-state index in [-0.39, 0.29) is 52.4 Å². The summed E-state index contributed by atoms with van der Waals surface area (Å²) >= 11 is 0. The molecule has 2 aliphatic heterocycles. The Kier molecular flexibility index (Phi) is 12.8. The van der Waals surface area contributed by atoms with Crippen LogP contribution in [0.15, 0.2) is 0 Å². The summed E-state index contributed by atoms with van der Waals surface area (Å²) in [7, 11) is 3.81. The molecule has 16 heteroatoms. The van der Waals surface area contributed by atoms with Crippen LogP contribution in [0.2, 0.25) is 0 Å². The van der Waals surface area contributed by atoms with Crippen LogP contribution in [-0.4, -0.2) is 188 Å². The molecule has 1 amide bonds. The Morgan fingerprint density at radius 3 is 1.33 bits per heavy atom. The molecule has 0 spiro atoms. The summed E-state index contributed by atoms with van der Waals surface area (Å²) in [6.07, 6.45) is -2.72. The zero-order chi connectivity index (χ0) is 29.1. The highest BCUT2D eigenvalue weighted by molar-refractivity contribution is 5.81. The van der Waals surface area contributed by atoms with E-state index in [0.717, 1.165) is 0 Å². The van der Waals surface area contributed by atoms with Crippen LogP contribution in [0.1, 0.15) is 0 Å². The van der Waals surface area contributed by atoms with Crippen molar-refractivity contribution in [2.75, 3.05) is 99.9 Å². The zero-order valence-electron chi connectivity index (χ0n) is 22.6. The molecule has 0 aliphatic carbocycles. The van der Waals surface area contributed by atoms with E-state index in [1.807, 2.05) is 4.90 Å². The molecule has 2 heterocycles. The second-order valence-electron chi connectivity index (χ2n) is 9.37. The van der Waals surface area contributed by atoms with Crippen molar-refractivity contribution in [3.63, 3.8) is 0 Å². The molecule has 2 fully saturated rings. The van der Waals surface area contributed by atoms with Crippen molar-refractivity contribution in [1.82, 2.24) is 24.5 Å². The number of carbonyl (C=O) groups excluding carboxylic acids is 3. The standard InChI is InChI=1S/C23H39N5O11/c1-37-17(30)13-24-4-6-25(14-18(31)38-2)8-10-27(11-9-26(7-5-24)15-19(32)39-3)20-16(29)12-28(23(35)36)21(20)22(33)34/h16,20-21,29H,4-15H2,1-3H3,(H,33,34)(H,35,36)/t16-,20+,21-/m0/s1. The minimum atomic E-state index is -1.51. The number of ether oxygens (including phenoxy) is 3. The van der Waals surface area contributed by atoms with Gasteiger partial charge in [0.2, 0.25) is 0 Å². The van der Waals surface area contributed by atoms with Crippen LogP contribution >= 0.6 is 0 Å². The Morgan fingerprint density at radius 1 is 0.667 bits per heavy atom. The molecule has 0 aromatic carbocycles. The van der Waals surface area contributed by atoms with Crippen LogP contribution in [0, 0.1) is 0 Å². The van der Waals surface area contributed by atoms with Gasteiger partial charge in [-0.3, -0.25) is 38.9 Å². The second-order valence-corrected chi connectivity index (χ2v) is 9.37. The fourth-order valence-corrected chi connectivity index (χ4v) is 4.80. The SMILES string of the molecule is COC(=O)CN1CCN(CC(=O)OC)CCN([C@H]2[C@@H](C(=O)O)N(C(=O)O)C[C@@H]2O)CCN(CC(=O)OC)CC1. The normalized spacial score (nSPS) is 24.8. The van der Waals surface area contributed by atoms with Crippen LogP contribution < -0.4 is 0 Å². The summed E-state index contributed by atoms with van der Waals surface area (Å²) in [5.74, 6) is -2.80. The van der Waals surface area contributed by atoms with Crippen molar-refractivity contribution in [1.29, 1.82) is 0 Å². The lowest BCUT2D eigenvalue weighted by molar-refractivity contribution is -0.144. The van der Waals surface area contributed by atoms with E-state index in [1.54, 1.807) is 14.7 Å². The quantitative estimate of drug-likeness (QED) is 0.199. The average Bonchev–Trinajstić information content (AvgIpc) is 3.25. The number of aliphatic hydroxyl groups is 1. The summed E-state index contributed by atoms with van der Waals surface area (Å²) in [6, 6.07) is -2.57. The number of β-amino-alcohol motifs (C(OH)–C–C–N with tert-alkyl or cyclic N) is 1. The van der Waals surface area contributed by atoms with Gasteiger partial charge in [-0.2, -0.15) is 0 Å². The number of esters is 3. The molecule has 0 aromatic rings. The third kappa shape index (κ3) is 9.58. The average molecular weight is 562 g/mol. The van der Waals surface area contributed by atoms with Crippen LogP contribution in [-0.2, 0) is 33.4 Å². The molecule has 0 bridgehead atoms. The topological polar surface area (TPSA) is 190 Å². The molecule has 39 heavy (non-hydrogen) atoms. The minimum Gasteiger partial charge on any atom is -0.480 e. The third-order valence-electron chi connectivity index (χ3n) is 6.97. The number of methoxy groups -OCH3 is 3. The van der Waals surface area contributed by atoms with Gasteiger partial charge >= 0.3 is 30.0 Å². The van der Waals surface area contributed by atoms with Crippen molar-refractivity contribution < 1.29 is 53.5 Å². The predicted molar refractivity (Wildman–Crippen MR) is 133 cm³/mol. The van der Waals surface area contributed by atoms with E-state index < -0.39 is 48.2 Å². The van der Waals surface area contributed by atoms with Gasteiger partial charge in [0, 0.05) is 52.4 Å². The number of carbonyl (C=O) groups is 5. The third-order valence-corrected chi connectivity index (χ3v) is 6.97. The number of aliphatic hydroxyl groups excluding tert-OH is 1. The second kappa shape index (κ2) is 15.5. The van der Waals surface area contributed by atoms with Gasteiger partial charge < -0.3 is 29.5 Å². The minimum absolute atomic E-state index is 0.000332. The van der Waals surface area contributed by atoms with E-state index in [0.29, 0.717) is 31.1 Å². The van der Waals surface area contributed by atoms with E-state index in [4.69, 9.17) is 14.2 Å². The molecule has 0 aromatic heterocycles. The first-order chi connectivity index (χ1) is 18.5. The first kappa shape index (κ1) is 32.2. The molecular formula is C23H39N5O11. The van der Waals surface area contributed by atoms with Gasteiger partial charge in [-0.1, -0.05) is 0 Å². The van der Waals surface area contributed by atoms with E-state index in [9.17, 15) is 39.3 Å². The van der Waals surface area contributed by atoms with Crippen molar-refractivity contribution >= 4 is 30.0 Å². The number of amides is 1. The lowest BCUT2D eigenvalue weighted by Gasteiger charge is -2.37. The highest BCUT2D eigenvalue weighted by atomic mass is 16.5. The number of aliphatic carboxylic acids is 1. The first-order valence-electron chi connectivity index (χ1n) is 12.5. The Labute approximate surface area is 226 Å². The Hall–Kier alpha value is -3.05. The largest absolute Gasteiger partial charge is 0.480 e. The predicted octanol–water partition coefficient (Wildman–Crippen LogP) is -3.10. The van der Waals surface area contributed by atoms with Crippen LogP contribution in [0.5, 0.6) is 0 Å². The van der Waals surface area contributed by atoms with Gasteiger partial charge in [0.15, 0.2) is 6.04 Å². The van der Waals surface area contributed by atoms with E-state index >= 15 is 0 Å². The molecule has 3 N–H and O–H groups in total. The van der Waals surface area contributed by atoms with Crippen molar-refractivity contribution in [3.05, 3.63) is 0 Å². The molecule has 2 aliphatic rings. The molecule has 222 valence electrons. The summed E-state index contributed by atoms with van der Waals surface area (Å²) in [4.78, 5) is 67.8. The molecule has 16 nitrogen and oxygen atoms in total. The fraction of sp³-hybridized carbons (Fsp3) is 0.783. The van der Waals surface area contributed by atoms with Gasteiger partial charge in [-0.15, -0.1) is 0 Å². The molecule has 0 saturated carbocycles. The highest BCUT2D eigenvalue weighted by Gasteiger charge is 2.50. The van der Waals surface area contributed by atoms with Crippen LogP contribution in [0.25, 0.3) is 0 Å². The molecule has 0 radical (unpaired) electrons. The lowest BCUT2D eigenvalue weighted by atomic mass is 10.0. The van der Waals surface area contributed by atoms with Crippen molar-refractivity contribution in [3.8, 4) is 0 Å². The molecule has 2 saturated heterocycles. The van der Waals surface area contributed by atoms with Crippen LogP contribution in [0.4, 0.5) is 4.79 Å². The maximum atomic E-state index is 12.1. The maximum absolute atomic E-state index is 12.1. The van der Waals surface area contributed by atoms with Gasteiger partial charge in [-0.25, -0.2) is 9.59 Å². The van der Waals surface area contributed by atoms with Crippen LogP contribution in [0.3, 0.4) is 0 Å². The Morgan fingerprint density at radius 2 is 1.03 bits per heavy atom. The summed E-state index contributed by atoms with van der Waals surface area (Å²) < 4.78 is 14.4. The zero-order valence-corrected chi connectivity index (χ0v) is 22.6. The first-order valence-corrected chi connectivity index (χ1v) is 12.5. The molecule has 2 rings (SSSR count). The van der Waals surface area contributed by atoms with E-state index in [1.165, 1.54) is 21.3 Å². The Balaban J connectivity index is 2.36. The van der Waals surface area contributed by atoms with Gasteiger partial charge in [0.05, 0.1) is 59.7 Å². The summed E-state index contributed by atoms with van der Waals surface area (Å²) in [5, 5.41) is 30.2. The Bertz CT molecular complexity index is 841. The van der Waals surface area contributed by atoms with Gasteiger partial charge in [0.25, 0.3) is 0 Å². The van der Waals surface area contributed by atoms with Crippen molar-refractivity contribution in [2.24, 2.45) is 0 Å². The number of hydrogen-bond acceptors (Lipinski definition) is 13. The number of rotatable bonds is 8. The van der Waals surface area contributed by atoms with E-state index in [2.05, 4.69) is 0 Å². The maximum Gasteiger partial charge on any atom is 0.408 e. The monoisotopic (exact) mass is 561 g/mol. The lowest BCUT2D eigenvalue weighted by Crippen LogP contribution is -2.57. The van der Waals surface area contributed by atoms with Crippen molar-refractivity contribution in [2.45, 2.75) is 18.2 Å². The smallest absolute Gasteiger partial charge is 0.408 e. The molecule has 3 atom stereocenters.